The summed E-state index contributed by atoms with van der Waals surface area (Å²) in [6.07, 6.45) is 10.9. The van der Waals surface area contributed by atoms with E-state index < -0.39 is 0 Å². The third-order valence-electron chi connectivity index (χ3n) is 5.93. The first-order chi connectivity index (χ1) is 12.7. The first-order valence-corrected chi connectivity index (χ1v) is 11.3. The number of carbonyl (C=O) groups excluding carboxylic acids is 1. The van der Waals surface area contributed by atoms with Gasteiger partial charge in [0.15, 0.2) is 5.16 Å². The molecule has 1 aromatic heterocycles. The highest BCUT2D eigenvalue weighted by molar-refractivity contribution is 7.99. The van der Waals surface area contributed by atoms with Crippen molar-refractivity contribution in [2.45, 2.75) is 82.0 Å². The molecule has 1 saturated heterocycles. The minimum atomic E-state index is 0.139. The highest BCUT2D eigenvalue weighted by Gasteiger charge is 2.32. The van der Waals surface area contributed by atoms with E-state index in [1.54, 1.807) is 11.8 Å². The Balaban J connectivity index is 1.36. The van der Waals surface area contributed by atoms with E-state index in [0.717, 1.165) is 43.0 Å². The topological polar surface area (TPSA) is 63.1 Å². The molecular formula is C19H31N5OS. The Bertz CT molecular complexity index is 615. The van der Waals surface area contributed by atoms with Gasteiger partial charge in [-0.25, -0.2) is 0 Å². The molecule has 2 heterocycles. The minimum Gasteiger partial charge on any atom is -0.353 e. The van der Waals surface area contributed by atoms with E-state index >= 15 is 0 Å². The molecule has 6 nitrogen and oxygen atoms in total. The van der Waals surface area contributed by atoms with Crippen molar-refractivity contribution in [2.75, 3.05) is 23.7 Å². The van der Waals surface area contributed by atoms with Gasteiger partial charge in [0.1, 0.15) is 0 Å². The van der Waals surface area contributed by atoms with E-state index in [2.05, 4.69) is 31.9 Å². The molecule has 2 saturated carbocycles. The lowest BCUT2D eigenvalue weighted by Gasteiger charge is -2.31. The lowest BCUT2D eigenvalue weighted by atomic mass is 9.95. The number of hydrogen-bond donors (Lipinski definition) is 1. The van der Waals surface area contributed by atoms with Gasteiger partial charge in [-0.2, -0.15) is 0 Å². The van der Waals surface area contributed by atoms with E-state index in [-0.39, 0.29) is 5.91 Å². The number of thioether (sulfide) groups is 1. The summed E-state index contributed by atoms with van der Waals surface area (Å²) in [5, 5.41) is 13.1. The van der Waals surface area contributed by atoms with Gasteiger partial charge in [-0.1, -0.05) is 37.9 Å². The van der Waals surface area contributed by atoms with Gasteiger partial charge in [-0.15, -0.1) is 10.2 Å². The van der Waals surface area contributed by atoms with Gasteiger partial charge in [0, 0.05) is 25.2 Å². The van der Waals surface area contributed by atoms with Gasteiger partial charge in [0.2, 0.25) is 11.9 Å². The zero-order valence-electron chi connectivity index (χ0n) is 15.8. The Kier molecular flexibility index (Phi) is 5.72. The zero-order chi connectivity index (χ0) is 17.9. The second-order valence-corrected chi connectivity index (χ2v) is 9.19. The zero-order valence-corrected chi connectivity index (χ0v) is 16.6. The van der Waals surface area contributed by atoms with Crippen molar-refractivity contribution in [1.29, 1.82) is 0 Å². The van der Waals surface area contributed by atoms with Crippen molar-refractivity contribution in [2.24, 2.45) is 5.92 Å². The summed E-state index contributed by atoms with van der Waals surface area (Å²) >= 11 is 1.55. The Morgan fingerprint density at radius 2 is 1.81 bits per heavy atom. The normalized spacial score (nSPS) is 22.6. The maximum atomic E-state index is 12.3. The van der Waals surface area contributed by atoms with Crippen molar-refractivity contribution in [3.63, 3.8) is 0 Å². The Morgan fingerprint density at radius 1 is 1.08 bits per heavy atom. The average Bonchev–Trinajstić information content (AvgIpc) is 3.41. The van der Waals surface area contributed by atoms with E-state index in [1.165, 1.54) is 44.9 Å². The lowest BCUT2D eigenvalue weighted by Crippen LogP contribution is -2.37. The third-order valence-corrected chi connectivity index (χ3v) is 6.87. The van der Waals surface area contributed by atoms with Gasteiger partial charge in [0.05, 0.1) is 5.75 Å². The van der Waals surface area contributed by atoms with Gasteiger partial charge >= 0.3 is 0 Å². The standard InChI is InChI=1S/C19H31N5OS/c1-14-9-11-23(12-10-14)18-21-22-19(24(18)16-7-8-16)26-13-17(25)20-15-5-3-2-4-6-15/h14-16H,2-13H2,1H3,(H,20,25). The molecule has 3 aliphatic rings. The molecule has 1 N–H and O–H groups in total. The summed E-state index contributed by atoms with van der Waals surface area (Å²) in [6, 6.07) is 0.910. The Hall–Kier alpha value is -1.24. The molecule has 1 aliphatic heterocycles. The molecule has 144 valence electrons. The largest absolute Gasteiger partial charge is 0.353 e. The van der Waals surface area contributed by atoms with Crippen molar-refractivity contribution >= 4 is 23.6 Å². The van der Waals surface area contributed by atoms with Crippen LogP contribution in [0.15, 0.2) is 5.16 Å². The number of rotatable bonds is 6. The molecule has 3 fully saturated rings. The van der Waals surface area contributed by atoms with Crippen LogP contribution < -0.4 is 10.2 Å². The van der Waals surface area contributed by atoms with Gasteiger partial charge in [-0.05, 0) is 44.4 Å². The third kappa shape index (κ3) is 4.35. The van der Waals surface area contributed by atoms with Crippen LogP contribution in [0.3, 0.4) is 0 Å². The number of amides is 1. The van der Waals surface area contributed by atoms with Crippen LogP contribution in [-0.2, 0) is 4.79 Å². The fraction of sp³-hybridized carbons (Fsp3) is 0.842. The predicted octanol–water partition coefficient (Wildman–Crippen LogP) is 3.39. The van der Waals surface area contributed by atoms with Crippen molar-refractivity contribution in [3.05, 3.63) is 0 Å². The second kappa shape index (κ2) is 8.19. The second-order valence-electron chi connectivity index (χ2n) is 8.24. The molecule has 0 spiro atoms. The molecule has 0 aromatic carbocycles. The maximum absolute atomic E-state index is 12.3. The van der Waals surface area contributed by atoms with Gasteiger partial charge in [0.25, 0.3) is 0 Å². The highest BCUT2D eigenvalue weighted by atomic mass is 32.2. The van der Waals surface area contributed by atoms with Crippen LogP contribution in [0.25, 0.3) is 0 Å². The van der Waals surface area contributed by atoms with Crippen molar-refractivity contribution in [3.8, 4) is 0 Å². The molecule has 0 bridgehead atoms. The number of anilines is 1. The number of piperidine rings is 1. The molecule has 4 rings (SSSR count). The molecule has 0 unspecified atom stereocenters. The summed E-state index contributed by atoms with van der Waals surface area (Å²) in [5.74, 6) is 2.41. The van der Waals surface area contributed by atoms with E-state index in [9.17, 15) is 4.79 Å². The summed E-state index contributed by atoms with van der Waals surface area (Å²) in [6.45, 7) is 4.47. The van der Waals surface area contributed by atoms with Gasteiger partial charge < -0.3 is 10.2 Å². The molecule has 0 radical (unpaired) electrons. The van der Waals surface area contributed by atoms with E-state index in [0.29, 0.717) is 17.8 Å². The first-order valence-electron chi connectivity index (χ1n) is 10.3. The molecule has 26 heavy (non-hydrogen) atoms. The number of hydrogen-bond acceptors (Lipinski definition) is 5. The number of aromatic nitrogens is 3. The number of nitrogens with one attached hydrogen (secondary N) is 1. The monoisotopic (exact) mass is 377 g/mol. The lowest BCUT2D eigenvalue weighted by molar-refractivity contribution is -0.119. The van der Waals surface area contributed by atoms with E-state index in [1.807, 2.05) is 0 Å². The van der Waals surface area contributed by atoms with Crippen LogP contribution in [0, 0.1) is 5.92 Å². The van der Waals surface area contributed by atoms with Gasteiger partial charge in [-0.3, -0.25) is 9.36 Å². The molecular weight excluding hydrogens is 346 g/mol. The van der Waals surface area contributed by atoms with Crippen LogP contribution in [0.5, 0.6) is 0 Å². The maximum Gasteiger partial charge on any atom is 0.230 e. The predicted molar refractivity (Wildman–Crippen MR) is 105 cm³/mol. The summed E-state index contributed by atoms with van der Waals surface area (Å²) < 4.78 is 2.30. The average molecular weight is 378 g/mol. The summed E-state index contributed by atoms with van der Waals surface area (Å²) in [7, 11) is 0. The van der Waals surface area contributed by atoms with Crippen LogP contribution in [0.1, 0.15) is 70.8 Å². The smallest absolute Gasteiger partial charge is 0.230 e. The van der Waals surface area contributed by atoms with Crippen LogP contribution >= 0.6 is 11.8 Å². The molecule has 1 aromatic rings. The summed E-state index contributed by atoms with van der Waals surface area (Å²) in [5.41, 5.74) is 0. The first kappa shape index (κ1) is 18.1. The number of nitrogens with zero attached hydrogens (tertiary/aromatic N) is 4. The molecule has 2 aliphatic carbocycles. The van der Waals surface area contributed by atoms with E-state index in [4.69, 9.17) is 0 Å². The number of carbonyl (C=O) groups is 1. The van der Waals surface area contributed by atoms with Crippen LogP contribution in [0.4, 0.5) is 5.95 Å². The van der Waals surface area contributed by atoms with Crippen molar-refractivity contribution < 1.29 is 4.79 Å². The Labute approximate surface area is 160 Å². The fourth-order valence-electron chi connectivity index (χ4n) is 4.09. The molecule has 1 amide bonds. The molecule has 7 heteroatoms. The Morgan fingerprint density at radius 3 is 2.50 bits per heavy atom. The highest BCUT2D eigenvalue weighted by Crippen LogP contribution is 2.41. The quantitative estimate of drug-likeness (QED) is 0.770. The summed E-state index contributed by atoms with van der Waals surface area (Å²) in [4.78, 5) is 14.7. The fourth-order valence-corrected chi connectivity index (χ4v) is 4.90. The minimum absolute atomic E-state index is 0.139. The SMILES string of the molecule is CC1CCN(c2nnc(SCC(=O)NC3CCCCC3)n2C2CC2)CC1. The molecule has 0 atom stereocenters. The van der Waals surface area contributed by atoms with Crippen molar-refractivity contribution in [1.82, 2.24) is 20.1 Å². The van der Waals surface area contributed by atoms with Crippen LogP contribution in [0.2, 0.25) is 0 Å². The van der Waals surface area contributed by atoms with Crippen LogP contribution in [-0.4, -0.2) is 45.6 Å².